The van der Waals surface area contributed by atoms with Crippen LogP contribution in [0.5, 0.6) is 0 Å². The fraction of sp³-hybridized carbons (Fsp3) is 0.632. The number of amides is 1. The minimum Gasteiger partial charge on any atom is -0.333 e. The van der Waals surface area contributed by atoms with Crippen molar-refractivity contribution in [2.45, 2.75) is 57.0 Å². The van der Waals surface area contributed by atoms with Crippen molar-refractivity contribution < 1.29 is 13.2 Å². The second kappa shape index (κ2) is 8.90. The van der Waals surface area contributed by atoms with Crippen molar-refractivity contribution in [2.75, 3.05) is 26.2 Å². The molecule has 27 heavy (non-hydrogen) atoms. The van der Waals surface area contributed by atoms with Crippen molar-refractivity contribution in [1.82, 2.24) is 14.5 Å². The van der Waals surface area contributed by atoms with Crippen molar-refractivity contribution in [3.8, 4) is 0 Å². The third-order valence-electron chi connectivity index (χ3n) is 5.69. The Morgan fingerprint density at radius 1 is 1.11 bits per heavy atom. The van der Waals surface area contributed by atoms with Gasteiger partial charge in [0, 0.05) is 43.8 Å². The molecule has 2 atom stereocenters. The van der Waals surface area contributed by atoms with E-state index >= 15 is 0 Å². The molecule has 0 aromatic heterocycles. The molecular formula is C19H30ClN3O3S. The van der Waals surface area contributed by atoms with Crippen LogP contribution in [0.4, 0.5) is 0 Å². The van der Waals surface area contributed by atoms with Gasteiger partial charge in [-0.15, -0.1) is 12.4 Å². The Hall–Kier alpha value is -1.15. The van der Waals surface area contributed by atoms with Gasteiger partial charge in [0.25, 0.3) is 5.91 Å². The van der Waals surface area contributed by atoms with Crippen LogP contribution in [0.1, 0.15) is 49.0 Å². The predicted molar refractivity (Wildman–Crippen MR) is 109 cm³/mol. The van der Waals surface area contributed by atoms with E-state index in [1.165, 1.54) is 0 Å². The molecule has 0 spiro atoms. The lowest BCUT2D eigenvalue weighted by molar-refractivity contribution is 0.0602. The van der Waals surface area contributed by atoms with E-state index in [-0.39, 0.29) is 35.3 Å². The molecule has 152 valence electrons. The lowest BCUT2D eigenvalue weighted by atomic mass is 10.0. The van der Waals surface area contributed by atoms with Gasteiger partial charge in [0.1, 0.15) is 0 Å². The van der Waals surface area contributed by atoms with Gasteiger partial charge in [0.15, 0.2) is 0 Å². The highest BCUT2D eigenvalue weighted by Gasteiger charge is 2.31. The molecule has 2 unspecified atom stereocenters. The van der Waals surface area contributed by atoms with Crippen LogP contribution in [-0.2, 0) is 10.0 Å². The summed E-state index contributed by atoms with van der Waals surface area (Å²) in [5.74, 6) is -0.0842. The summed E-state index contributed by atoms with van der Waals surface area (Å²) < 4.78 is 27.5. The van der Waals surface area contributed by atoms with Crippen LogP contribution >= 0.6 is 12.4 Å². The van der Waals surface area contributed by atoms with Crippen LogP contribution in [0.2, 0.25) is 0 Å². The van der Waals surface area contributed by atoms with Gasteiger partial charge in [-0.25, -0.2) is 8.42 Å². The van der Waals surface area contributed by atoms with Crippen LogP contribution in [-0.4, -0.2) is 61.8 Å². The van der Waals surface area contributed by atoms with Crippen LogP contribution in [0, 0.1) is 6.92 Å². The van der Waals surface area contributed by atoms with Gasteiger partial charge in [-0.3, -0.25) is 4.79 Å². The van der Waals surface area contributed by atoms with E-state index in [1.807, 2.05) is 18.7 Å². The van der Waals surface area contributed by atoms with Crippen LogP contribution in [0.15, 0.2) is 23.1 Å². The first-order valence-electron chi connectivity index (χ1n) is 9.47. The first-order chi connectivity index (χ1) is 12.3. The van der Waals surface area contributed by atoms with Gasteiger partial charge in [-0.2, -0.15) is 4.31 Å². The normalized spacial score (nSPS) is 24.3. The molecule has 2 saturated heterocycles. The number of nitrogens with one attached hydrogen (secondary N) is 1. The Labute approximate surface area is 168 Å². The number of piperazine rings is 1. The number of halogens is 1. The van der Waals surface area contributed by atoms with E-state index < -0.39 is 10.0 Å². The highest BCUT2D eigenvalue weighted by molar-refractivity contribution is 7.89. The van der Waals surface area contributed by atoms with Crippen molar-refractivity contribution in [3.63, 3.8) is 0 Å². The van der Waals surface area contributed by atoms with E-state index in [2.05, 4.69) is 12.2 Å². The Balaban J connectivity index is 0.00000261. The number of aryl methyl sites for hydroxylation is 1. The SMILES string of the molecule is Cc1ccc(S(=O)(=O)N2CCCCC2)cc1C(=O)N1CCNC(C)C1C.Cl. The quantitative estimate of drug-likeness (QED) is 0.823. The lowest BCUT2D eigenvalue weighted by Crippen LogP contribution is -2.57. The fourth-order valence-electron chi connectivity index (χ4n) is 3.74. The monoisotopic (exact) mass is 415 g/mol. The first kappa shape index (κ1) is 22.1. The minimum atomic E-state index is -3.54. The van der Waals surface area contributed by atoms with Gasteiger partial charge in [-0.1, -0.05) is 12.5 Å². The zero-order chi connectivity index (χ0) is 18.9. The summed E-state index contributed by atoms with van der Waals surface area (Å²) in [6.07, 6.45) is 2.86. The zero-order valence-electron chi connectivity index (χ0n) is 16.3. The minimum absolute atomic E-state index is 0. The lowest BCUT2D eigenvalue weighted by Gasteiger charge is -2.39. The molecule has 8 heteroatoms. The molecule has 0 bridgehead atoms. The number of carbonyl (C=O) groups is 1. The van der Waals surface area contributed by atoms with Crippen molar-refractivity contribution in [2.24, 2.45) is 0 Å². The number of rotatable bonds is 3. The number of piperidine rings is 1. The summed E-state index contributed by atoms with van der Waals surface area (Å²) in [6.45, 7) is 8.46. The van der Waals surface area contributed by atoms with E-state index in [1.54, 1.807) is 22.5 Å². The molecule has 6 nitrogen and oxygen atoms in total. The van der Waals surface area contributed by atoms with E-state index in [4.69, 9.17) is 0 Å². The maximum atomic E-state index is 13.1. The fourth-order valence-corrected chi connectivity index (χ4v) is 5.29. The summed E-state index contributed by atoms with van der Waals surface area (Å²) in [7, 11) is -3.54. The van der Waals surface area contributed by atoms with Crippen LogP contribution in [0.3, 0.4) is 0 Å². The second-order valence-electron chi connectivity index (χ2n) is 7.42. The number of nitrogens with zero attached hydrogens (tertiary/aromatic N) is 2. The molecule has 0 radical (unpaired) electrons. The summed E-state index contributed by atoms with van der Waals surface area (Å²) >= 11 is 0. The number of hydrogen-bond acceptors (Lipinski definition) is 4. The average molecular weight is 416 g/mol. The molecule has 0 saturated carbocycles. The first-order valence-corrected chi connectivity index (χ1v) is 10.9. The van der Waals surface area contributed by atoms with E-state index in [9.17, 15) is 13.2 Å². The Morgan fingerprint density at radius 3 is 2.44 bits per heavy atom. The molecule has 1 N–H and O–H groups in total. The maximum Gasteiger partial charge on any atom is 0.254 e. The maximum absolute atomic E-state index is 13.1. The zero-order valence-corrected chi connectivity index (χ0v) is 17.9. The molecule has 2 aliphatic rings. The van der Waals surface area contributed by atoms with Gasteiger partial charge < -0.3 is 10.2 Å². The largest absolute Gasteiger partial charge is 0.333 e. The summed E-state index contributed by atoms with van der Waals surface area (Å²) in [5, 5.41) is 3.36. The summed E-state index contributed by atoms with van der Waals surface area (Å²) in [6, 6.07) is 5.23. The van der Waals surface area contributed by atoms with E-state index in [0.29, 0.717) is 25.2 Å². The molecule has 1 amide bonds. The number of sulfonamides is 1. The Bertz CT molecular complexity index is 778. The highest BCUT2D eigenvalue weighted by Crippen LogP contribution is 2.24. The predicted octanol–water partition coefficient (Wildman–Crippen LogP) is 2.41. The Kier molecular flexibility index (Phi) is 7.30. The third kappa shape index (κ3) is 4.47. The number of carbonyl (C=O) groups excluding carboxylic acids is 1. The molecule has 3 rings (SSSR count). The standard InChI is InChI=1S/C19H29N3O3S.ClH/c1-14-7-8-17(26(24,25)21-10-5-4-6-11-21)13-18(14)19(23)22-12-9-20-15(2)16(22)3;/h7-8,13,15-16,20H,4-6,9-12H2,1-3H3;1H. The molecule has 0 aliphatic carbocycles. The molecular weight excluding hydrogens is 386 g/mol. The van der Waals surface area contributed by atoms with Gasteiger partial charge in [0.05, 0.1) is 4.90 Å². The van der Waals surface area contributed by atoms with E-state index in [0.717, 1.165) is 31.4 Å². The van der Waals surface area contributed by atoms with Gasteiger partial charge in [0.2, 0.25) is 10.0 Å². The molecule has 2 heterocycles. The number of hydrogen-bond donors (Lipinski definition) is 1. The van der Waals surface area contributed by atoms with Crippen molar-refractivity contribution in [3.05, 3.63) is 29.3 Å². The van der Waals surface area contributed by atoms with Crippen molar-refractivity contribution >= 4 is 28.3 Å². The molecule has 1 aromatic carbocycles. The number of benzene rings is 1. The summed E-state index contributed by atoms with van der Waals surface area (Å²) in [4.78, 5) is 15.2. The van der Waals surface area contributed by atoms with Gasteiger partial charge in [-0.05, 0) is 51.3 Å². The molecule has 2 aliphatic heterocycles. The molecule has 2 fully saturated rings. The van der Waals surface area contributed by atoms with Crippen LogP contribution in [0.25, 0.3) is 0 Å². The van der Waals surface area contributed by atoms with Gasteiger partial charge >= 0.3 is 0 Å². The second-order valence-corrected chi connectivity index (χ2v) is 9.36. The average Bonchev–Trinajstić information content (AvgIpc) is 2.64. The smallest absolute Gasteiger partial charge is 0.254 e. The van der Waals surface area contributed by atoms with Crippen LogP contribution < -0.4 is 5.32 Å². The molecule has 1 aromatic rings. The summed E-state index contributed by atoms with van der Waals surface area (Å²) in [5.41, 5.74) is 1.30. The Morgan fingerprint density at radius 2 is 1.78 bits per heavy atom. The topological polar surface area (TPSA) is 69.7 Å². The van der Waals surface area contributed by atoms with Crippen molar-refractivity contribution in [1.29, 1.82) is 0 Å². The third-order valence-corrected chi connectivity index (χ3v) is 7.58. The highest BCUT2D eigenvalue weighted by atomic mass is 35.5.